The molecule has 0 radical (unpaired) electrons. The highest BCUT2D eigenvalue weighted by Gasteiger charge is 2.42. The molecule has 3 heterocycles. The lowest BCUT2D eigenvalue weighted by Crippen LogP contribution is -2.38. The lowest BCUT2D eigenvalue weighted by molar-refractivity contribution is -0.138. The predicted molar refractivity (Wildman–Crippen MR) is 119 cm³/mol. The van der Waals surface area contributed by atoms with E-state index >= 15 is 0 Å². The lowest BCUT2D eigenvalue weighted by atomic mass is 9.92. The van der Waals surface area contributed by atoms with Crippen molar-refractivity contribution < 1.29 is 27.5 Å². The summed E-state index contributed by atoms with van der Waals surface area (Å²) in [6, 6.07) is 4.01. The molecule has 33 heavy (non-hydrogen) atoms. The van der Waals surface area contributed by atoms with E-state index in [0.29, 0.717) is 28.5 Å². The summed E-state index contributed by atoms with van der Waals surface area (Å²) in [5.74, 6) is -0.613. The average Bonchev–Trinajstić information content (AvgIpc) is 3.47. The molecule has 4 rings (SSSR count). The van der Waals surface area contributed by atoms with Crippen molar-refractivity contribution in [3.05, 3.63) is 57.8 Å². The van der Waals surface area contributed by atoms with Crippen LogP contribution in [0.5, 0.6) is 0 Å². The third-order valence-electron chi connectivity index (χ3n) is 5.97. The summed E-state index contributed by atoms with van der Waals surface area (Å²) in [7, 11) is 1.26. The Morgan fingerprint density at radius 3 is 2.42 bits per heavy atom. The molecular weight excluding hydrogens is 455 g/mol. The number of rotatable bonds is 5. The molecule has 0 bridgehead atoms. The Kier molecular flexibility index (Phi) is 6.56. The number of carbonyl (C=O) groups excluding carboxylic acids is 2. The van der Waals surface area contributed by atoms with Crippen molar-refractivity contribution in [2.24, 2.45) is 4.99 Å². The zero-order valence-corrected chi connectivity index (χ0v) is 19.1. The average molecular weight is 480 g/mol. The minimum Gasteiger partial charge on any atom is -0.466 e. The quantitative estimate of drug-likeness (QED) is 0.565. The molecule has 0 spiro atoms. The smallest absolute Gasteiger partial charge is 0.416 e. The van der Waals surface area contributed by atoms with Crippen LogP contribution >= 0.6 is 11.8 Å². The van der Waals surface area contributed by atoms with Gasteiger partial charge in [-0.25, -0.2) is 9.79 Å². The molecule has 6 nitrogen and oxygen atoms in total. The van der Waals surface area contributed by atoms with E-state index in [1.54, 1.807) is 4.90 Å². The van der Waals surface area contributed by atoms with Crippen LogP contribution in [0.3, 0.4) is 0 Å². The molecule has 3 aliphatic rings. The minimum absolute atomic E-state index is 0.0170. The molecule has 0 aliphatic carbocycles. The van der Waals surface area contributed by atoms with Gasteiger partial charge in [-0.2, -0.15) is 13.2 Å². The summed E-state index contributed by atoms with van der Waals surface area (Å²) in [5.41, 5.74) is 1.17. The third kappa shape index (κ3) is 4.53. The van der Waals surface area contributed by atoms with Crippen LogP contribution < -0.4 is 0 Å². The highest BCUT2D eigenvalue weighted by Crippen LogP contribution is 2.46. The number of thioether (sulfide) groups is 1. The summed E-state index contributed by atoms with van der Waals surface area (Å²) in [5, 5.41) is 2.42. The van der Waals surface area contributed by atoms with Crippen molar-refractivity contribution in [2.75, 3.05) is 20.2 Å². The fourth-order valence-corrected chi connectivity index (χ4v) is 5.25. The van der Waals surface area contributed by atoms with E-state index in [9.17, 15) is 22.8 Å². The van der Waals surface area contributed by atoms with Gasteiger partial charge in [0.25, 0.3) is 0 Å². The van der Waals surface area contributed by atoms with Crippen LogP contribution in [0, 0.1) is 0 Å². The number of methoxy groups -OCH3 is 1. The van der Waals surface area contributed by atoms with E-state index in [4.69, 9.17) is 4.74 Å². The van der Waals surface area contributed by atoms with Gasteiger partial charge in [0.2, 0.25) is 5.91 Å². The first-order valence-corrected chi connectivity index (χ1v) is 11.6. The van der Waals surface area contributed by atoms with E-state index in [0.717, 1.165) is 38.1 Å². The number of allylic oxidation sites excluding steroid dienone is 1. The second-order valence-corrected chi connectivity index (χ2v) is 8.82. The van der Waals surface area contributed by atoms with Gasteiger partial charge in [0.15, 0.2) is 5.17 Å². The van der Waals surface area contributed by atoms with Crippen molar-refractivity contribution in [1.82, 2.24) is 9.80 Å². The zero-order chi connectivity index (χ0) is 23.8. The minimum atomic E-state index is -4.47. The van der Waals surface area contributed by atoms with Crippen LogP contribution in [0.4, 0.5) is 13.2 Å². The zero-order valence-electron chi connectivity index (χ0n) is 18.3. The maximum Gasteiger partial charge on any atom is 0.416 e. The SMILES string of the molecule is CCC1=C(C(=O)OC)[C@H](c2ccc(C(F)(F)F)cc2)N2C(CC(=O)N3CCCC3)=CSC2=N1. The standard InChI is InChI=1S/C23H24F3N3O3S/c1-3-17-19(21(31)32-2)20(14-6-8-15(9-7-14)23(24,25)26)29-16(13-33-22(29)27-17)12-18(30)28-10-4-5-11-28/h6-9,13,20H,3-5,10-12H2,1-2H3/t20-/m0/s1. The molecule has 0 N–H and O–H groups in total. The molecular formula is C23H24F3N3O3S. The van der Waals surface area contributed by atoms with E-state index in [1.165, 1.54) is 31.0 Å². The van der Waals surface area contributed by atoms with Crippen molar-refractivity contribution in [2.45, 2.75) is 44.8 Å². The number of carbonyl (C=O) groups is 2. The molecule has 1 atom stereocenters. The number of fused-ring (bicyclic) bond motifs is 1. The summed E-state index contributed by atoms with van der Waals surface area (Å²) < 4.78 is 44.4. The summed E-state index contributed by atoms with van der Waals surface area (Å²) in [6.45, 7) is 3.29. The van der Waals surface area contributed by atoms with Crippen LogP contribution in [-0.2, 0) is 20.5 Å². The van der Waals surface area contributed by atoms with Crippen molar-refractivity contribution in [1.29, 1.82) is 0 Å². The Labute approximate surface area is 194 Å². The summed E-state index contributed by atoms with van der Waals surface area (Å²) >= 11 is 1.34. The molecule has 0 unspecified atom stereocenters. The molecule has 1 saturated heterocycles. The number of benzene rings is 1. The predicted octanol–water partition coefficient (Wildman–Crippen LogP) is 4.86. The van der Waals surface area contributed by atoms with Gasteiger partial charge in [0, 0.05) is 18.8 Å². The first kappa shape index (κ1) is 23.4. The molecule has 10 heteroatoms. The molecule has 0 aromatic heterocycles. The molecule has 0 saturated carbocycles. The molecule has 1 fully saturated rings. The van der Waals surface area contributed by atoms with Gasteiger partial charge in [0.05, 0.1) is 36.4 Å². The van der Waals surface area contributed by atoms with Crippen LogP contribution in [0.25, 0.3) is 0 Å². The Morgan fingerprint density at radius 2 is 1.85 bits per heavy atom. The van der Waals surface area contributed by atoms with Crippen LogP contribution in [0.1, 0.15) is 49.8 Å². The van der Waals surface area contributed by atoms with Crippen molar-refractivity contribution in [3.63, 3.8) is 0 Å². The van der Waals surface area contributed by atoms with Crippen LogP contribution in [-0.4, -0.2) is 47.0 Å². The number of aliphatic imine (C=N–C) groups is 1. The summed E-state index contributed by atoms with van der Waals surface area (Å²) in [4.78, 5) is 33.9. The van der Waals surface area contributed by atoms with E-state index in [2.05, 4.69) is 4.99 Å². The van der Waals surface area contributed by atoms with Gasteiger partial charge < -0.3 is 14.5 Å². The maximum atomic E-state index is 13.1. The second-order valence-electron chi connectivity index (χ2n) is 7.98. The fourth-order valence-electron chi connectivity index (χ4n) is 4.32. The third-order valence-corrected chi connectivity index (χ3v) is 6.86. The number of hydrogen-bond donors (Lipinski definition) is 0. The number of ether oxygens (including phenoxy) is 1. The monoisotopic (exact) mass is 479 g/mol. The Balaban J connectivity index is 1.75. The van der Waals surface area contributed by atoms with Gasteiger partial charge in [0.1, 0.15) is 0 Å². The first-order valence-electron chi connectivity index (χ1n) is 10.7. The van der Waals surface area contributed by atoms with Crippen LogP contribution in [0.15, 0.2) is 51.6 Å². The van der Waals surface area contributed by atoms with Crippen molar-refractivity contribution >= 4 is 28.8 Å². The highest BCUT2D eigenvalue weighted by molar-refractivity contribution is 8.16. The van der Waals surface area contributed by atoms with Gasteiger partial charge in [-0.05, 0) is 42.4 Å². The molecule has 1 amide bonds. The molecule has 1 aromatic rings. The van der Waals surface area contributed by atoms with Gasteiger partial charge in [-0.1, -0.05) is 30.8 Å². The number of amidine groups is 1. The number of amides is 1. The number of likely N-dealkylation sites (tertiary alicyclic amines) is 1. The second kappa shape index (κ2) is 9.24. The summed E-state index contributed by atoms with van der Waals surface area (Å²) in [6.07, 6.45) is -1.96. The Hall–Kier alpha value is -2.75. The number of nitrogens with zero attached hydrogens (tertiary/aromatic N) is 3. The fraction of sp³-hybridized carbons (Fsp3) is 0.435. The van der Waals surface area contributed by atoms with E-state index < -0.39 is 23.8 Å². The van der Waals surface area contributed by atoms with Gasteiger partial charge >= 0.3 is 12.1 Å². The first-order chi connectivity index (χ1) is 15.7. The van der Waals surface area contributed by atoms with Gasteiger partial charge in [-0.15, -0.1) is 0 Å². The number of hydrogen-bond acceptors (Lipinski definition) is 6. The number of alkyl halides is 3. The molecule has 176 valence electrons. The normalized spacial score (nSPS) is 20.6. The Morgan fingerprint density at radius 1 is 1.18 bits per heavy atom. The molecule has 3 aliphatic heterocycles. The topological polar surface area (TPSA) is 62.2 Å². The number of esters is 1. The highest BCUT2D eigenvalue weighted by atomic mass is 32.2. The van der Waals surface area contributed by atoms with Crippen LogP contribution in [0.2, 0.25) is 0 Å². The number of halogens is 3. The van der Waals surface area contributed by atoms with E-state index in [1.807, 2.05) is 17.2 Å². The van der Waals surface area contributed by atoms with Crippen molar-refractivity contribution in [3.8, 4) is 0 Å². The maximum absolute atomic E-state index is 13.1. The molecule has 1 aromatic carbocycles. The van der Waals surface area contributed by atoms with Gasteiger partial charge in [-0.3, -0.25) is 4.79 Å². The largest absolute Gasteiger partial charge is 0.466 e. The Bertz CT molecular complexity index is 1040. The lowest BCUT2D eigenvalue weighted by Gasteiger charge is -2.37. The van der Waals surface area contributed by atoms with E-state index in [-0.39, 0.29) is 17.9 Å².